The third-order valence-corrected chi connectivity index (χ3v) is 25.6. The van der Waals surface area contributed by atoms with Crippen molar-refractivity contribution in [2.45, 2.75) is 77.8 Å². The molecule has 18 heteroatoms. The van der Waals surface area contributed by atoms with Crippen LogP contribution < -0.4 is 10.9 Å². The minimum atomic E-state index is -0.488. The highest BCUT2D eigenvalue weighted by Gasteiger charge is 2.53. The maximum atomic E-state index is 7.24. The summed E-state index contributed by atoms with van der Waals surface area (Å²) >= 11 is 5.99. The van der Waals surface area contributed by atoms with Crippen LogP contribution in [0.3, 0.4) is 0 Å². The number of hydrogen-bond acceptors (Lipinski definition) is 15. The van der Waals surface area contributed by atoms with Crippen LogP contribution in [0.2, 0.25) is 5.28 Å². The summed E-state index contributed by atoms with van der Waals surface area (Å²) in [5, 5.41) is 10.6. The third-order valence-electron chi connectivity index (χ3n) is 25.4. The Labute approximate surface area is 764 Å². The smallest absolute Gasteiger partial charge is 0.455 e. The van der Waals surface area contributed by atoms with Gasteiger partial charge in [0.25, 0.3) is 0 Å². The van der Waals surface area contributed by atoms with Gasteiger partial charge in [0.1, 0.15) is 22.7 Å². The van der Waals surface area contributed by atoms with Gasteiger partial charge in [0.2, 0.25) is 5.28 Å². The SMILES string of the molecule is CC1(C)OB(c2ccc3c4ccc(B5OC(C)(C)C(C)(C)O5)cc4c4c(-c5ccccc5)c(-c5ccccc5)oc4c3c2)OC1(C)C.Clc1nc(-c2ccccc2)nc(-c2ccccc2)n1.c1ccc(-c2nc(-c3ccccc3)nc(-c3ccc4c5ccc(-c6nc(-c7ccccc7)nc(-c7ccccc7)n6)cc5c5c(-c6ccccc6)c(-c6ccccc6)oc5c4c3)n2)cc1. The first-order valence-corrected chi connectivity index (χ1v) is 44.3. The Morgan fingerprint density at radius 1 is 0.206 bits per heavy atom. The molecule has 7 heterocycles. The molecule has 2 saturated heterocycles. The second-order valence-corrected chi connectivity index (χ2v) is 35.2. The molecule has 23 rings (SSSR count). The lowest BCUT2D eigenvalue weighted by molar-refractivity contribution is 0.00578. The number of benzene rings is 16. The van der Waals surface area contributed by atoms with Crippen molar-refractivity contribution in [3.05, 3.63) is 381 Å². The van der Waals surface area contributed by atoms with Crippen LogP contribution in [0.15, 0.2) is 385 Å². The molecule has 21 aromatic rings. The Morgan fingerprint density at radius 2 is 0.420 bits per heavy atom. The molecule has 2 aliphatic heterocycles. The number of rotatable bonds is 14. The highest BCUT2D eigenvalue weighted by Crippen LogP contribution is 2.51. The molecular weight excluding hydrogens is 1640 g/mol. The van der Waals surface area contributed by atoms with Crippen LogP contribution in [0.5, 0.6) is 0 Å². The van der Waals surface area contributed by atoms with E-state index in [2.05, 4.69) is 246 Å². The summed E-state index contributed by atoms with van der Waals surface area (Å²) < 4.78 is 40.3. The fourth-order valence-electron chi connectivity index (χ4n) is 17.2. The van der Waals surface area contributed by atoms with E-state index in [0.717, 1.165) is 165 Å². The van der Waals surface area contributed by atoms with Crippen molar-refractivity contribution in [1.82, 2.24) is 44.9 Å². The second-order valence-electron chi connectivity index (χ2n) is 34.9. The summed E-state index contributed by atoms with van der Waals surface area (Å²) in [5.41, 5.74) is 15.2. The summed E-state index contributed by atoms with van der Waals surface area (Å²) in [6.07, 6.45) is 0. The molecule has 2 aliphatic rings. The standard InChI is InChI=1S/C58H36N6O.C40H40B2O5.C15H10ClN3/c1-7-19-37(20-8-1)49-50-47-35-43(57-61-53(39-23-11-3-12-24-39)59-54(62-57)40-25-13-4-14-26-40)31-33-45(47)46-34-32-44(36-48(46)52(50)65-51(49)38-21-9-2-10-22-38)58-63-55(41-27-15-5-16-28-41)60-56(64-58)42-29-17-6-18-30-42;1-37(2)38(3,4)45-41(44-37)27-19-21-29-30-22-20-28(42-46-39(5,6)40(7,8)47-42)24-32(30)36-34(31(29)23-27)33(25-15-11-9-12-16-25)35(43-36)26-17-13-10-14-18-26;16-15-18-13(11-7-3-1-4-8-11)17-14(19-15)12-9-5-2-6-10-12/h1-36H;9-24H,1-8H3;1-10H. The number of furan rings is 2. The van der Waals surface area contributed by atoms with Gasteiger partial charge in [0.05, 0.1) is 22.4 Å². The van der Waals surface area contributed by atoms with Gasteiger partial charge in [0, 0.05) is 88.3 Å². The quantitative estimate of drug-likeness (QED) is 0.0741. The Bertz CT molecular complexity index is 7640. The molecular formula is C113H86B2ClN9O6. The molecule has 632 valence electrons. The fourth-order valence-corrected chi connectivity index (χ4v) is 17.4. The Balaban J connectivity index is 0.000000136. The fraction of sp³-hybridized carbons (Fsp3) is 0.106. The normalized spacial score (nSPS) is 14.2. The van der Waals surface area contributed by atoms with E-state index in [-0.39, 0.29) is 5.28 Å². The molecule has 0 bridgehead atoms. The van der Waals surface area contributed by atoms with Crippen LogP contribution in [0.25, 0.3) is 201 Å². The summed E-state index contributed by atoms with van der Waals surface area (Å²) in [4.78, 5) is 43.2. The molecule has 0 spiro atoms. The monoisotopic (exact) mass is 1720 g/mol. The molecule has 0 N–H and O–H groups in total. The van der Waals surface area contributed by atoms with Crippen molar-refractivity contribution in [3.63, 3.8) is 0 Å². The van der Waals surface area contributed by atoms with Gasteiger partial charge in [0.15, 0.2) is 46.6 Å². The molecule has 5 aromatic heterocycles. The van der Waals surface area contributed by atoms with Gasteiger partial charge in [-0.2, -0.15) is 9.97 Å². The Hall–Kier alpha value is -15.1. The van der Waals surface area contributed by atoms with Gasteiger partial charge in [-0.25, -0.2) is 34.9 Å². The van der Waals surface area contributed by atoms with E-state index in [1.54, 1.807) is 0 Å². The van der Waals surface area contributed by atoms with Crippen LogP contribution in [-0.2, 0) is 18.6 Å². The predicted octanol–water partition coefficient (Wildman–Crippen LogP) is 27.0. The largest absolute Gasteiger partial charge is 0.494 e. The number of halogens is 1. The zero-order chi connectivity index (χ0) is 89.1. The average Bonchev–Trinajstić information content (AvgIpc) is 1.31. The van der Waals surface area contributed by atoms with E-state index in [4.69, 9.17) is 69.0 Å². The molecule has 16 aromatic carbocycles. The number of aromatic nitrogens is 9. The molecule has 0 radical (unpaired) electrons. The van der Waals surface area contributed by atoms with Crippen LogP contribution in [0.1, 0.15) is 55.4 Å². The van der Waals surface area contributed by atoms with Gasteiger partial charge in [-0.3, -0.25) is 0 Å². The minimum Gasteiger partial charge on any atom is -0.455 e. The molecule has 0 aliphatic carbocycles. The van der Waals surface area contributed by atoms with Gasteiger partial charge in [-0.1, -0.05) is 364 Å². The summed E-state index contributed by atoms with van der Waals surface area (Å²) in [6.45, 7) is 16.7. The first-order valence-electron chi connectivity index (χ1n) is 43.9. The first-order chi connectivity index (χ1) is 63.8. The predicted molar refractivity (Wildman–Crippen MR) is 531 cm³/mol. The summed E-state index contributed by atoms with van der Waals surface area (Å²) in [7, 11) is -0.973. The van der Waals surface area contributed by atoms with E-state index in [9.17, 15) is 0 Å². The molecule has 0 unspecified atom stereocenters. The maximum absolute atomic E-state index is 7.24. The van der Waals surface area contributed by atoms with E-state index in [1.807, 2.05) is 200 Å². The highest BCUT2D eigenvalue weighted by atomic mass is 35.5. The van der Waals surface area contributed by atoms with Crippen LogP contribution in [-0.4, -0.2) is 81.5 Å². The molecule has 0 saturated carbocycles. The molecule has 2 fully saturated rings. The van der Waals surface area contributed by atoms with E-state index in [0.29, 0.717) is 46.6 Å². The van der Waals surface area contributed by atoms with Crippen molar-refractivity contribution in [1.29, 1.82) is 0 Å². The number of nitrogens with zero attached hydrogens (tertiary/aromatic N) is 9. The van der Waals surface area contributed by atoms with Crippen molar-refractivity contribution < 1.29 is 27.5 Å². The number of hydrogen-bond donors (Lipinski definition) is 0. The second kappa shape index (κ2) is 34.2. The van der Waals surface area contributed by atoms with E-state index < -0.39 is 36.6 Å². The van der Waals surface area contributed by atoms with Gasteiger partial charge >= 0.3 is 14.2 Å². The molecule has 0 atom stereocenters. The van der Waals surface area contributed by atoms with Crippen molar-refractivity contribution in [2.75, 3.05) is 0 Å². The topological polar surface area (TPSA) is 179 Å². The lowest BCUT2D eigenvalue weighted by Crippen LogP contribution is -2.41. The maximum Gasteiger partial charge on any atom is 0.494 e. The molecule has 15 nitrogen and oxygen atoms in total. The van der Waals surface area contributed by atoms with Crippen LogP contribution in [0, 0.1) is 0 Å². The van der Waals surface area contributed by atoms with Crippen LogP contribution >= 0.6 is 11.6 Å². The average molecular weight is 1720 g/mol. The molecule has 131 heavy (non-hydrogen) atoms. The Kier molecular flexibility index (Phi) is 21.6. The molecule has 0 amide bonds. The highest BCUT2D eigenvalue weighted by molar-refractivity contribution is 6.63. The summed E-state index contributed by atoms with van der Waals surface area (Å²) in [6, 6.07) is 127. The lowest BCUT2D eigenvalue weighted by atomic mass is 9.76. The van der Waals surface area contributed by atoms with Crippen LogP contribution in [0.4, 0.5) is 0 Å². The summed E-state index contributed by atoms with van der Waals surface area (Å²) in [5.74, 6) is 6.35. The first kappa shape index (κ1) is 82.9. The number of fused-ring (bicyclic) bond motifs is 12. The van der Waals surface area contributed by atoms with E-state index in [1.165, 1.54) is 0 Å². The lowest BCUT2D eigenvalue weighted by Gasteiger charge is -2.32. The minimum absolute atomic E-state index is 0.202. The van der Waals surface area contributed by atoms with E-state index >= 15 is 0 Å². The van der Waals surface area contributed by atoms with Crippen molar-refractivity contribution in [3.8, 4) is 136 Å². The zero-order valence-corrected chi connectivity index (χ0v) is 74.1. The van der Waals surface area contributed by atoms with Gasteiger partial charge < -0.3 is 27.5 Å². The van der Waals surface area contributed by atoms with Gasteiger partial charge in [-0.15, -0.1) is 0 Å². The third kappa shape index (κ3) is 16.0. The van der Waals surface area contributed by atoms with Crippen molar-refractivity contribution in [2.24, 2.45) is 0 Å². The van der Waals surface area contributed by atoms with Gasteiger partial charge in [-0.05, 0) is 133 Å². The van der Waals surface area contributed by atoms with Crippen molar-refractivity contribution >= 4 is 102 Å². The Morgan fingerprint density at radius 3 is 0.710 bits per heavy atom. The zero-order valence-electron chi connectivity index (χ0n) is 73.3.